The highest BCUT2D eigenvalue weighted by atomic mass is 79.9. The zero-order chi connectivity index (χ0) is 19.5. The van der Waals surface area contributed by atoms with Crippen LogP contribution in [-0.2, 0) is 0 Å². The third kappa shape index (κ3) is 4.41. The number of benzene rings is 2. The minimum Gasteiger partial charge on any atom is -0.457 e. The molecule has 142 valence electrons. The summed E-state index contributed by atoms with van der Waals surface area (Å²) < 4.78 is 6.65. The predicted molar refractivity (Wildman–Crippen MR) is 113 cm³/mol. The minimum absolute atomic E-state index is 0.392. The summed E-state index contributed by atoms with van der Waals surface area (Å²) >= 11 is 9.54. The lowest BCUT2D eigenvalue weighted by Crippen LogP contribution is -2.78. The second-order valence-electron chi connectivity index (χ2n) is 6.80. The van der Waals surface area contributed by atoms with Crippen LogP contribution in [0.15, 0.2) is 64.3 Å². The topological polar surface area (TPSA) is 74.9 Å². The fourth-order valence-corrected chi connectivity index (χ4v) is 3.86. The van der Waals surface area contributed by atoms with Gasteiger partial charge in [-0.3, -0.25) is 0 Å². The summed E-state index contributed by atoms with van der Waals surface area (Å²) in [5.74, 6) is 2.15. The summed E-state index contributed by atoms with van der Waals surface area (Å²) in [4.78, 5) is 3.95. The van der Waals surface area contributed by atoms with Gasteiger partial charge in [0.05, 0.1) is 11.0 Å². The lowest BCUT2D eigenvalue weighted by Gasteiger charge is -2.11. The van der Waals surface area contributed by atoms with Gasteiger partial charge in [-0.05, 0) is 64.2 Å². The van der Waals surface area contributed by atoms with E-state index in [2.05, 4.69) is 37.4 Å². The number of nitrogens with two attached hydrogens (primary N) is 1. The molecule has 3 N–H and O–H groups in total. The Bertz CT molecular complexity index is 1010. The maximum absolute atomic E-state index is 7.60. The van der Waals surface area contributed by atoms with Gasteiger partial charge < -0.3 is 10.1 Å². The SMILES string of the molecule is N=Nc1c([NH2+]CC2CC2)ccc(-c2ccc(Oc3ccnc(Cl)c3)cc2)c1Br. The number of hydrogen-bond donors (Lipinski definition) is 2. The van der Waals surface area contributed by atoms with Gasteiger partial charge in [0.1, 0.15) is 16.7 Å². The van der Waals surface area contributed by atoms with Crippen molar-refractivity contribution in [1.29, 1.82) is 5.53 Å². The third-order valence-electron chi connectivity index (χ3n) is 4.73. The van der Waals surface area contributed by atoms with E-state index < -0.39 is 0 Å². The van der Waals surface area contributed by atoms with Crippen LogP contribution in [0.4, 0.5) is 11.4 Å². The molecule has 1 aromatic heterocycles. The Labute approximate surface area is 176 Å². The van der Waals surface area contributed by atoms with Crippen LogP contribution in [0, 0.1) is 11.4 Å². The van der Waals surface area contributed by atoms with Crippen LogP contribution in [0.3, 0.4) is 0 Å². The van der Waals surface area contributed by atoms with Crippen LogP contribution in [0.2, 0.25) is 5.15 Å². The van der Waals surface area contributed by atoms with Crippen molar-refractivity contribution in [2.75, 3.05) is 6.54 Å². The molecule has 4 rings (SSSR count). The molecule has 2 aromatic carbocycles. The molecule has 0 spiro atoms. The first kappa shape index (κ1) is 19.1. The van der Waals surface area contributed by atoms with E-state index in [1.807, 2.05) is 30.3 Å². The van der Waals surface area contributed by atoms with Crippen molar-refractivity contribution in [2.45, 2.75) is 12.8 Å². The molecule has 28 heavy (non-hydrogen) atoms. The van der Waals surface area contributed by atoms with E-state index in [9.17, 15) is 0 Å². The Balaban J connectivity index is 1.55. The van der Waals surface area contributed by atoms with Gasteiger partial charge in [0.2, 0.25) is 0 Å². The van der Waals surface area contributed by atoms with Crippen molar-refractivity contribution in [1.82, 2.24) is 4.98 Å². The van der Waals surface area contributed by atoms with Crippen molar-refractivity contribution in [3.05, 3.63) is 64.4 Å². The molecule has 1 saturated carbocycles. The van der Waals surface area contributed by atoms with Gasteiger partial charge in [-0.15, -0.1) is 0 Å². The Morgan fingerprint density at radius 1 is 1.14 bits per heavy atom. The Kier molecular flexibility index (Phi) is 5.71. The second-order valence-corrected chi connectivity index (χ2v) is 7.98. The summed E-state index contributed by atoms with van der Waals surface area (Å²) in [6, 6.07) is 15.3. The van der Waals surface area contributed by atoms with Crippen LogP contribution in [0.5, 0.6) is 11.5 Å². The van der Waals surface area contributed by atoms with E-state index in [4.69, 9.17) is 21.9 Å². The van der Waals surface area contributed by atoms with Gasteiger partial charge in [-0.25, -0.2) is 10.5 Å². The molecular weight excluding hydrogens is 440 g/mol. The molecular formula is C21H19BrClN4O+. The fraction of sp³-hybridized carbons (Fsp3) is 0.190. The van der Waals surface area contributed by atoms with E-state index in [0.717, 1.165) is 33.7 Å². The summed E-state index contributed by atoms with van der Waals surface area (Å²) in [6.07, 6.45) is 4.23. The molecule has 1 aliphatic rings. The van der Waals surface area contributed by atoms with E-state index in [1.54, 1.807) is 18.3 Å². The van der Waals surface area contributed by atoms with Crippen molar-refractivity contribution >= 4 is 38.9 Å². The first-order valence-corrected chi connectivity index (χ1v) is 10.2. The van der Waals surface area contributed by atoms with Crippen LogP contribution >= 0.6 is 27.5 Å². The molecule has 1 heterocycles. The van der Waals surface area contributed by atoms with Crippen molar-refractivity contribution in [2.24, 2.45) is 11.0 Å². The highest BCUT2D eigenvalue weighted by molar-refractivity contribution is 9.10. The zero-order valence-corrected chi connectivity index (χ0v) is 17.4. The van der Waals surface area contributed by atoms with Gasteiger partial charge in [-0.2, -0.15) is 5.11 Å². The average molecular weight is 459 g/mol. The smallest absolute Gasteiger partial charge is 0.160 e. The molecule has 0 aliphatic heterocycles. The van der Waals surface area contributed by atoms with Crippen molar-refractivity contribution in [3.8, 4) is 22.6 Å². The number of nitrogens with one attached hydrogen (secondary N) is 1. The molecule has 0 bridgehead atoms. The van der Waals surface area contributed by atoms with Gasteiger partial charge in [0.25, 0.3) is 0 Å². The summed E-state index contributed by atoms with van der Waals surface area (Å²) in [6.45, 7) is 1.05. The van der Waals surface area contributed by atoms with E-state index in [0.29, 0.717) is 22.3 Å². The minimum atomic E-state index is 0.392. The number of aromatic nitrogens is 1. The van der Waals surface area contributed by atoms with E-state index >= 15 is 0 Å². The lowest BCUT2D eigenvalue weighted by atomic mass is 10.0. The molecule has 3 aromatic rings. The molecule has 0 radical (unpaired) electrons. The van der Waals surface area contributed by atoms with Gasteiger partial charge in [0.15, 0.2) is 11.4 Å². The first-order chi connectivity index (χ1) is 13.6. The summed E-state index contributed by atoms with van der Waals surface area (Å²) in [5.41, 5.74) is 11.3. The van der Waals surface area contributed by atoms with Crippen LogP contribution in [0.1, 0.15) is 12.8 Å². The predicted octanol–water partition coefficient (Wildman–Crippen LogP) is 6.22. The van der Waals surface area contributed by atoms with E-state index in [-0.39, 0.29) is 0 Å². The largest absolute Gasteiger partial charge is 0.457 e. The number of ether oxygens (including phenoxy) is 1. The quantitative estimate of drug-likeness (QED) is 0.250. The van der Waals surface area contributed by atoms with Crippen LogP contribution in [-0.4, -0.2) is 11.5 Å². The summed E-state index contributed by atoms with van der Waals surface area (Å²) in [7, 11) is 0. The number of hydrogen-bond acceptors (Lipinski definition) is 4. The monoisotopic (exact) mass is 457 g/mol. The van der Waals surface area contributed by atoms with Gasteiger partial charge >= 0.3 is 0 Å². The number of quaternary nitrogens is 1. The molecule has 1 aliphatic carbocycles. The molecule has 0 saturated heterocycles. The molecule has 7 heteroatoms. The van der Waals surface area contributed by atoms with Crippen LogP contribution < -0.4 is 10.1 Å². The Hall–Kier alpha value is -2.28. The molecule has 0 unspecified atom stereocenters. The maximum Gasteiger partial charge on any atom is 0.160 e. The highest BCUT2D eigenvalue weighted by Gasteiger charge is 2.24. The second kappa shape index (κ2) is 8.39. The fourth-order valence-electron chi connectivity index (χ4n) is 3.01. The standard InChI is InChI=1S/C21H18BrClN4O/c22-20-17(7-8-18(21(20)27-24)26-12-13-1-2-13)14-3-5-15(6-4-14)28-16-9-10-25-19(23)11-16/h3-11,13,24,26H,1-2,12H2/p+1. The first-order valence-electron chi connectivity index (χ1n) is 9.07. The van der Waals surface area contributed by atoms with Gasteiger partial charge in [0, 0.05) is 24.2 Å². The molecule has 0 amide bonds. The third-order valence-corrected chi connectivity index (χ3v) is 5.74. The van der Waals surface area contributed by atoms with E-state index in [1.165, 1.54) is 12.8 Å². The number of halogens is 2. The highest BCUT2D eigenvalue weighted by Crippen LogP contribution is 2.40. The molecule has 0 atom stereocenters. The number of pyridine rings is 1. The molecule has 1 fully saturated rings. The maximum atomic E-state index is 7.60. The summed E-state index contributed by atoms with van der Waals surface area (Å²) in [5, 5.41) is 6.35. The number of nitrogens with zero attached hydrogens (tertiary/aromatic N) is 2. The Morgan fingerprint density at radius 3 is 2.61 bits per heavy atom. The Morgan fingerprint density at radius 2 is 1.93 bits per heavy atom. The van der Waals surface area contributed by atoms with Crippen molar-refractivity contribution in [3.63, 3.8) is 0 Å². The number of rotatable bonds is 7. The van der Waals surface area contributed by atoms with Gasteiger partial charge in [-0.1, -0.05) is 23.7 Å². The van der Waals surface area contributed by atoms with Crippen LogP contribution in [0.25, 0.3) is 11.1 Å². The zero-order valence-electron chi connectivity index (χ0n) is 15.0. The average Bonchev–Trinajstić information content (AvgIpc) is 3.52. The van der Waals surface area contributed by atoms with Crippen molar-refractivity contribution < 1.29 is 10.1 Å². The lowest BCUT2D eigenvalue weighted by molar-refractivity contribution is -0.574. The molecule has 5 nitrogen and oxygen atoms in total. The normalized spacial score (nSPS) is 13.4.